The maximum Gasteiger partial charge on any atom is 0.416 e. The zero-order chi connectivity index (χ0) is 21.4. The summed E-state index contributed by atoms with van der Waals surface area (Å²) in [6.45, 7) is 0. The SMILES string of the molecule is N#CC1CS(=O)(=O)CC[C@H]1n1cc(C(N)=O)c(Nc2ccc(C(F)(F)F)cc2)n1. The summed E-state index contributed by atoms with van der Waals surface area (Å²) in [5.74, 6) is -2.12. The van der Waals surface area contributed by atoms with Gasteiger partial charge in [-0.25, -0.2) is 8.42 Å². The van der Waals surface area contributed by atoms with Gasteiger partial charge in [0.1, 0.15) is 5.56 Å². The molecule has 1 unspecified atom stereocenters. The molecule has 12 heteroatoms. The van der Waals surface area contributed by atoms with Crippen LogP contribution in [0.25, 0.3) is 0 Å². The molecule has 0 aliphatic carbocycles. The molecule has 8 nitrogen and oxygen atoms in total. The van der Waals surface area contributed by atoms with Gasteiger partial charge in [0.2, 0.25) is 0 Å². The van der Waals surface area contributed by atoms with Crippen molar-refractivity contribution in [3.8, 4) is 6.07 Å². The number of nitrogens with one attached hydrogen (secondary N) is 1. The van der Waals surface area contributed by atoms with Crippen molar-refractivity contribution in [3.63, 3.8) is 0 Å². The predicted molar refractivity (Wildman–Crippen MR) is 96.9 cm³/mol. The van der Waals surface area contributed by atoms with Crippen LogP contribution >= 0.6 is 0 Å². The van der Waals surface area contributed by atoms with E-state index in [1.165, 1.54) is 23.0 Å². The van der Waals surface area contributed by atoms with Crippen molar-refractivity contribution >= 4 is 27.2 Å². The molecular weight excluding hydrogens is 411 g/mol. The number of halogens is 3. The lowest BCUT2D eigenvalue weighted by Gasteiger charge is -2.26. The number of nitriles is 1. The Morgan fingerprint density at radius 1 is 1.31 bits per heavy atom. The molecule has 154 valence electrons. The lowest BCUT2D eigenvalue weighted by Crippen LogP contribution is -2.34. The third-order valence-corrected chi connectivity index (χ3v) is 6.33. The summed E-state index contributed by atoms with van der Waals surface area (Å²) in [4.78, 5) is 11.8. The number of hydrogen-bond acceptors (Lipinski definition) is 6. The van der Waals surface area contributed by atoms with Gasteiger partial charge in [-0.3, -0.25) is 9.48 Å². The highest BCUT2D eigenvalue weighted by Gasteiger charge is 2.36. The monoisotopic (exact) mass is 427 g/mol. The van der Waals surface area contributed by atoms with Crippen molar-refractivity contribution in [2.24, 2.45) is 11.7 Å². The summed E-state index contributed by atoms with van der Waals surface area (Å²) < 4.78 is 62.9. The van der Waals surface area contributed by atoms with Crippen LogP contribution in [-0.4, -0.2) is 35.6 Å². The Bertz CT molecular complexity index is 1070. The number of carbonyl (C=O) groups is 1. The standard InChI is InChI=1S/C17H16F3N5O3S/c18-17(19,20)11-1-3-12(4-2-11)23-16-13(15(22)26)8-25(24-16)14-5-6-29(27,28)9-10(14)7-21/h1-4,8,10,14H,5-6,9H2,(H2,22,26)(H,23,24)/t10?,14-/m1/s1. The summed E-state index contributed by atoms with van der Waals surface area (Å²) in [5.41, 5.74) is 4.74. The van der Waals surface area contributed by atoms with Gasteiger partial charge in [-0.05, 0) is 30.7 Å². The number of alkyl halides is 3. The molecule has 3 rings (SSSR count). The van der Waals surface area contributed by atoms with Crippen LogP contribution in [0.15, 0.2) is 30.5 Å². The van der Waals surface area contributed by atoms with E-state index < -0.39 is 39.4 Å². The number of hydrogen-bond donors (Lipinski definition) is 2. The van der Waals surface area contributed by atoms with Crippen LogP contribution in [0.3, 0.4) is 0 Å². The third-order valence-electron chi connectivity index (χ3n) is 4.60. The molecule has 0 spiro atoms. The van der Waals surface area contributed by atoms with Crippen LogP contribution in [-0.2, 0) is 16.0 Å². The van der Waals surface area contributed by atoms with E-state index in [1.54, 1.807) is 0 Å². The van der Waals surface area contributed by atoms with Crippen molar-refractivity contribution in [1.82, 2.24) is 9.78 Å². The van der Waals surface area contributed by atoms with Crippen LogP contribution in [0.5, 0.6) is 0 Å². The van der Waals surface area contributed by atoms with E-state index in [0.717, 1.165) is 12.1 Å². The van der Waals surface area contributed by atoms with Crippen molar-refractivity contribution in [1.29, 1.82) is 5.26 Å². The Kier molecular flexibility index (Phi) is 5.27. The van der Waals surface area contributed by atoms with Crippen molar-refractivity contribution in [2.75, 3.05) is 16.8 Å². The van der Waals surface area contributed by atoms with Crippen LogP contribution in [0.1, 0.15) is 28.4 Å². The van der Waals surface area contributed by atoms with E-state index in [9.17, 15) is 31.6 Å². The second-order valence-corrected chi connectivity index (χ2v) is 8.87. The minimum absolute atomic E-state index is 0.00220. The smallest absolute Gasteiger partial charge is 0.365 e. The molecule has 1 aromatic carbocycles. The molecule has 0 saturated carbocycles. The van der Waals surface area contributed by atoms with Gasteiger partial charge in [0, 0.05) is 11.9 Å². The molecule has 1 amide bonds. The zero-order valence-corrected chi connectivity index (χ0v) is 15.7. The lowest BCUT2D eigenvalue weighted by atomic mass is 10.0. The number of benzene rings is 1. The average molecular weight is 427 g/mol. The van der Waals surface area contributed by atoms with E-state index >= 15 is 0 Å². The minimum Gasteiger partial charge on any atom is -0.365 e. The quantitative estimate of drug-likeness (QED) is 0.769. The van der Waals surface area contributed by atoms with Crippen molar-refractivity contribution in [3.05, 3.63) is 41.6 Å². The highest BCUT2D eigenvalue weighted by molar-refractivity contribution is 7.91. The topological polar surface area (TPSA) is 131 Å². The fourth-order valence-electron chi connectivity index (χ4n) is 3.12. The fourth-order valence-corrected chi connectivity index (χ4v) is 4.73. The molecule has 1 saturated heterocycles. The summed E-state index contributed by atoms with van der Waals surface area (Å²) in [7, 11) is -3.33. The molecule has 1 aliphatic heterocycles. The molecule has 2 heterocycles. The van der Waals surface area contributed by atoms with Gasteiger partial charge in [-0.15, -0.1) is 0 Å². The highest BCUT2D eigenvalue weighted by Crippen LogP contribution is 2.32. The molecule has 2 atom stereocenters. The fraction of sp³-hybridized carbons (Fsp3) is 0.353. The van der Waals surface area contributed by atoms with Crippen molar-refractivity contribution in [2.45, 2.75) is 18.6 Å². The van der Waals surface area contributed by atoms with E-state index in [0.29, 0.717) is 0 Å². The first-order valence-electron chi connectivity index (χ1n) is 8.43. The lowest BCUT2D eigenvalue weighted by molar-refractivity contribution is -0.137. The molecule has 3 N–H and O–H groups in total. The molecule has 2 aromatic rings. The summed E-state index contributed by atoms with van der Waals surface area (Å²) in [5, 5.41) is 16.3. The molecule has 0 radical (unpaired) electrons. The average Bonchev–Trinajstić information content (AvgIpc) is 3.04. The maximum atomic E-state index is 12.7. The van der Waals surface area contributed by atoms with E-state index in [-0.39, 0.29) is 35.0 Å². The van der Waals surface area contributed by atoms with Crippen LogP contribution in [0.4, 0.5) is 24.7 Å². The van der Waals surface area contributed by atoms with Gasteiger partial charge < -0.3 is 11.1 Å². The van der Waals surface area contributed by atoms with Gasteiger partial charge in [0.05, 0.1) is 35.1 Å². The number of primary amides is 1. The third kappa shape index (κ3) is 4.51. The Morgan fingerprint density at radius 2 is 1.97 bits per heavy atom. The number of nitrogens with zero attached hydrogens (tertiary/aromatic N) is 3. The Labute approximate surface area is 164 Å². The van der Waals surface area contributed by atoms with Gasteiger partial charge in [-0.2, -0.15) is 23.5 Å². The normalized spacial score (nSPS) is 21.3. The molecule has 29 heavy (non-hydrogen) atoms. The number of nitrogens with two attached hydrogens (primary N) is 1. The number of rotatable bonds is 4. The molecule has 0 bridgehead atoms. The molecule has 1 aromatic heterocycles. The van der Waals surface area contributed by atoms with Gasteiger partial charge >= 0.3 is 6.18 Å². The minimum atomic E-state index is -4.48. The van der Waals surface area contributed by atoms with E-state index in [1.807, 2.05) is 6.07 Å². The molecule has 1 fully saturated rings. The predicted octanol–water partition coefficient (Wildman–Crippen LogP) is 2.24. The zero-order valence-electron chi connectivity index (χ0n) is 14.8. The van der Waals surface area contributed by atoms with Crippen molar-refractivity contribution < 1.29 is 26.4 Å². The second-order valence-electron chi connectivity index (χ2n) is 6.64. The maximum absolute atomic E-state index is 12.7. The molecule has 1 aliphatic rings. The number of anilines is 2. The summed E-state index contributed by atoms with van der Waals surface area (Å²) >= 11 is 0. The number of aromatic nitrogens is 2. The van der Waals surface area contributed by atoms with Crippen LogP contribution < -0.4 is 11.1 Å². The number of amides is 1. The molecular formula is C17H16F3N5O3S. The Balaban J connectivity index is 1.90. The number of sulfone groups is 1. The second kappa shape index (κ2) is 7.40. The van der Waals surface area contributed by atoms with Crippen LogP contribution in [0, 0.1) is 17.2 Å². The number of carbonyl (C=O) groups excluding carboxylic acids is 1. The van der Waals surface area contributed by atoms with E-state index in [2.05, 4.69) is 10.4 Å². The highest BCUT2D eigenvalue weighted by atomic mass is 32.2. The Morgan fingerprint density at radius 3 is 2.52 bits per heavy atom. The first-order valence-corrected chi connectivity index (χ1v) is 10.3. The summed E-state index contributed by atoms with van der Waals surface area (Å²) in [6.07, 6.45) is -3.03. The first kappa shape index (κ1) is 20.7. The van der Waals surface area contributed by atoms with Crippen LogP contribution in [0.2, 0.25) is 0 Å². The van der Waals surface area contributed by atoms with Gasteiger partial charge in [0.15, 0.2) is 15.7 Å². The largest absolute Gasteiger partial charge is 0.416 e. The first-order chi connectivity index (χ1) is 13.5. The Hall–Kier alpha value is -3.07. The summed E-state index contributed by atoms with van der Waals surface area (Å²) in [6, 6.07) is 5.48. The van der Waals surface area contributed by atoms with Gasteiger partial charge in [0.25, 0.3) is 5.91 Å². The van der Waals surface area contributed by atoms with E-state index in [4.69, 9.17) is 5.73 Å². The van der Waals surface area contributed by atoms with Gasteiger partial charge in [-0.1, -0.05) is 0 Å².